The van der Waals surface area contributed by atoms with E-state index in [1.54, 1.807) is 4.31 Å². The average Bonchev–Trinajstić information content (AvgIpc) is 2.57. The third-order valence-corrected chi connectivity index (χ3v) is 7.49. The van der Waals surface area contributed by atoms with Crippen molar-refractivity contribution in [3.8, 4) is 5.75 Å². The van der Waals surface area contributed by atoms with Gasteiger partial charge in [0, 0.05) is 31.7 Å². The van der Waals surface area contributed by atoms with Crippen molar-refractivity contribution in [2.24, 2.45) is 5.92 Å². The van der Waals surface area contributed by atoms with Gasteiger partial charge in [-0.2, -0.15) is 4.31 Å². The van der Waals surface area contributed by atoms with Crippen LogP contribution in [0.1, 0.15) is 50.3 Å². The van der Waals surface area contributed by atoms with Crippen molar-refractivity contribution in [3.63, 3.8) is 0 Å². The van der Waals surface area contributed by atoms with Crippen LogP contribution in [0.15, 0.2) is 18.2 Å². The van der Waals surface area contributed by atoms with Gasteiger partial charge in [-0.25, -0.2) is 8.42 Å². The van der Waals surface area contributed by atoms with Gasteiger partial charge in [0.1, 0.15) is 5.75 Å². The first-order chi connectivity index (χ1) is 12.3. The van der Waals surface area contributed by atoms with Crippen molar-refractivity contribution in [1.29, 1.82) is 0 Å². The standard InChI is InChI=1S/C20H30N2O3S/c1-14(2)25-17-6-7-18-15(11-17)8-10-21-13-16-5-4-9-22(26(3,23)24)19(16)12-20(18)21/h6-7,11,14,16,19-20H,4-5,8-10,12-13H2,1-3H3/t16-,19+,20-/m1/s1. The number of benzene rings is 1. The van der Waals surface area contributed by atoms with Gasteiger partial charge in [-0.05, 0) is 68.7 Å². The van der Waals surface area contributed by atoms with Crippen LogP contribution in [0, 0.1) is 5.92 Å². The maximum atomic E-state index is 12.3. The van der Waals surface area contributed by atoms with Crippen LogP contribution in [-0.2, 0) is 16.4 Å². The number of hydrogen-bond donors (Lipinski definition) is 0. The van der Waals surface area contributed by atoms with E-state index in [9.17, 15) is 8.42 Å². The molecule has 0 spiro atoms. The molecule has 3 aliphatic rings. The van der Waals surface area contributed by atoms with Gasteiger partial charge in [0.25, 0.3) is 0 Å². The first-order valence-electron chi connectivity index (χ1n) is 9.83. The SMILES string of the molecule is CC(C)Oc1ccc2c(c1)CCN1C[C@H]3CCCN(S(C)(=O)=O)[C@H]3C[C@H]21. The van der Waals surface area contributed by atoms with Crippen LogP contribution in [-0.4, -0.2) is 55.7 Å². The molecule has 0 amide bonds. The van der Waals surface area contributed by atoms with Crippen molar-refractivity contribution >= 4 is 10.0 Å². The van der Waals surface area contributed by atoms with E-state index in [1.807, 2.05) is 13.8 Å². The van der Waals surface area contributed by atoms with Crippen LogP contribution in [0.2, 0.25) is 0 Å². The fourth-order valence-corrected chi connectivity index (χ4v) is 6.36. The summed E-state index contributed by atoms with van der Waals surface area (Å²) < 4.78 is 32.2. The summed E-state index contributed by atoms with van der Waals surface area (Å²) in [4.78, 5) is 2.58. The number of piperidine rings is 2. The van der Waals surface area contributed by atoms with Gasteiger partial charge >= 0.3 is 0 Å². The molecule has 0 bridgehead atoms. The fraction of sp³-hybridized carbons (Fsp3) is 0.700. The number of rotatable bonds is 3. The fourth-order valence-electron chi connectivity index (χ4n) is 5.15. The molecule has 6 heteroatoms. The molecule has 144 valence electrons. The third kappa shape index (κ3) is 3.39. The van der Waals surface area contributed by atoms with Gasteiger partial charge in [0.2, 0.25) is 10.0 Å². The van der Waals surface area contributed by atoms with E-state index in [0.29, 0.717) is 18.5 Å². The van der Waals surface area contributed by atoms with E-state index in [4.69, 9.17) is 4.74 Å². The number of fused-ring (bicyclic) bond motifs is 4. The van der Waals surface area contributed by atoms with E-state index in [2.05, 4.69) is 23.1 Å². The molecule has 3 aliphatic heterocycles. The molecule has 2 fully saturated rings. The van der Waals surface area contributed by atoms with Crippen molar-refractivity contribution < 1.29 is 13.2 Å². The molecule has 0 radical (unpaired) electrons. The van der Waals surface area contributed by atoms with Gasteiger partial charge in [0.15, 0.2) is 0 Å². The maximum Gasteiger partial charge on any atom is 0.211 e. The lowest BCUT2D eigenvalue weighted by molar-refractivity contribution is 0.0222. The molecule has 0 unspecified atom stereocenters. The van der Waals surface area contributed by atoms with Gasteiger partial charge < -0.3 is 4.74 Å². The molecular weight excluding hydrogens is 348 g/mol. The van der Waals surface area contributed by atoms with Crippen molar-refractivity contribution in [3.05, 3.63) is 29.3 Å². The summed E-state index contributed by atoms with van der Waals surface area (Å²) in [6.07, 6.45) is 5.64. The lowest BCUT2D eigenvalue weighted by Gasteiger charge is -2.51. The van der Waals surface area contributed by atoms with Crippen LogP contribution in [0.3, 0.4) is 0 Å². The number of nitrogens with zero attached hydrogens (tertiary/aromatic N) is 2. The minimum atomic E-state index is -3.14. The minimum absolute atomic E-state index is 0.151. The van der Waals surface area contributed by atoms with Crippen LogP contribution in [0.4, 0.5) is 0 Å². The highest BCUT2D eigenvalue weighted by Gasteiger charge is 2.44. The van der Waals surface area contributed by atoms with E-state index in [0.717, 1.165) is 44.5 Å². The smallest absolute Gasteiger partial charge is 0.211 e. The Morgan fingerprint density at radius 1 is 1.23 bits per heavy atom. The Hall–Kier alpha value is -1.11. The molecule has 0 N–H and O–H groups in total. The molecule has 2 saturated heterocycles. The number of sulfonamides is 1. The molecule has 5 nitrogen and oxygen atoms in total. The normalized spacial score (nSPS) is 29.8. The van der Waals surface area contributed by atoms with Gasteiger partial charge in [-0.3, -0.25) is 4.90 Å². The lowest BCUT2D eigenvalue weighted by Crippen LogP contribution is -2.57. The second-order valence-corrected chi connectivity index (χ2v) is 10.3. The van der Waals surface area contributed by atoms with Gasteiger partial charge in [-0.1, -0.05) is 6.07 Å². The van der Waals surface area contributed by atoms with Crippen LogP contribution < -0.4 is 4.74 Å². The zero-order chi connectivity index (χ0) is 18.5. The molecule has 0 saturated carbocycles. The molecule has 4 rings (SSSR count). The average molecular weight is 379 g/mol. The summed E-state index contributed by atoms with van der Waals surface area (Å²) in [5, 5.41) is 0. The second-order valence-electron chi connectivity index (χ2n) is 8.37. The van der Waals surface area contributed by atoms with Crippen molar-refractivity contribution in [2.75, 3.05) is 25.9 Å². The number of ether oxygens (including phenoxy) is 1. The van der Waals surface area contributed by atoms with E-state index < -0.39 is 10.0 Å². The van der Waals surface area contributed by atoms with Crippen LogP contribution >= 0.6 is 0 Å². The van der Waals surface area contributed by atoms with Crippen molar-refractivity contribution in [2.45, 2.75) is 57.7 Å². The zero-order valence-corrected chi connectivity index (χ0v) is 16.8. The summed E-state index contributed by atoms with van der Waals surface area (Å²) in [5.74, 6) is 1.41. The summed E-state index contributed by atoms with van der Waals surface area (Å²) in [6.45, 7) is 6.85. The maximum absolute atomic E-state index is 12.3. The summed E-state index contributed by atoms with van der Waals surface area (Å²) in [6, 6.07) is 6.95. The van der Waals surface area contributed by atoms with Gasteiger partial charge in [-0.15, -0.1) is 0 Å². The highest BCUT2D eigenvalue weighted by atomic mass is 32.2. The zero-order valence-electron chi connectivity index (χ0n) is 16.0. The molecule has 0 aromatic heterocycles. The highest BCUT2D eigenvalue weighted by molar-refractivity contribution is 7.88. The third-order valence-electron chi connectivity index (χ3n) is 6.18. The Morgan fingerprint density at radius 3 is 2.77 bits per heavy atom. The summed E-state index contributed by atoms with van der Waals surface area (Å²) >= 11 is 0. The van der Waals surface area contributed by atoms with Crippen LogP contribution in [0.25, 0.3) is 0 Å². The summed E-state index contributed by atoms with van der Waals surface area (Å²) in [5.41, 5.74) is 2.73. The topological polar surface area (TPSA) is 49.9 Å². The molecule has 1 aromatic carbocycles. The number of hydrogen-bond acceptors (Lipinski definition) is 4. The molecule has 3 atom stereocenters. The first-order valence-corrected chi connectivity index (χ1v) is 11.7. The second kappa shape index (κ2) is 6.80. The predicted molar refractivity (Wildman–Crippen MR) is 103 cm³/mol. The minimum Gasteiger partial charge on any atom is -0.491 e. The van der Waals surface area contributed by atoms with E-state index in [-0.39, 0.29) is 12.1 Å². The first kappa shape index (κ1) is 18.3. The lowest BCUT2D eigenvalue weighted by atomic mass is 9.77. The monoisotopic (exact) mass is 378 g/mol. The van der Waals surface area contributed by atoms with Crippen LogP contribution in [0.5, 0.6) is 5.75 Å². The summed E-state index contributed by atoms with van der Waals surface area (Å²) in [7, 11) is -3.14. The Kier molecular flexibility index (Phi) is 4.78. The van der Waals surface area contributed by atoms with Gasteiger partial charge in [0.05, 0.1) is 12.4 Å². The Morgan fingerprint density at radius 2 is 2.04 bits per heavy atom. The molecule has 0 aliphatic carbocycles. The quantitative estimate of drug-likeness (QED) is 0.812. The predicted octanol–water partition coefficient (Wildman–Crippen LogP) is 2.82. The molecule has 1 aromatic rings. The molecular formula is C20H30N2O3S. The highest BCUT2D eigenvalue weighted by Crippen LogP contribution is 2.44. The Labute approximate surface area is 157 Å². The van der Waals surface area contributed by atoms with E-state index >= 15 is 0 Å². The van der Waals surface area contributed by atoms with E-state index in [1.165, 1.54) is 17.4 Å². The van der Waals surface area contributed by atoms with Crippen molar-refractivity contribution in [1.82, 2.24) is 9.21 Å². The Balaban J connectivity index is 1.62. The largest absolute Gasteiger partial charge is 0.491 e. The Bertz CT molecular complexity index is 777. The molecule has 26 heavy (non-hydrogen) atoms. The molecule has 3 heterocycles.